The van der Waals surface area contributed by atoms with Gasteiger partial charge in [-0.2, -0.15) is 0 Å². The van der Waals surface area contributed by atoms with Crippen LogP contribution in [0.3, 0.4) is 0 Å². The molecule has 0 spiro atoms. The number of aliphatic hydroxyl groups is 2. The first-order chi connectivity index (χ1) is 23.5. The molecule has 2 aliphatic heterocycles. The summed E-state index contributed by atoms with van der Waals surface area (Å²) in [6.07, 6.45) is 8.54. The van der Waals surface area contributed by atoms with Crippen molar-refractivity contribution in [2.24, 2.45) is 34.5 Å². The van der Waals surface area contributed by atoms with Gasteiger partial charge in [-0.3, -0.25) is 4.79 Å². The summed E-state index contributed by atoms with van der Waals surface area (Å²) in [5.41, 5.74) is -1.31. The average Bonchev–Trinajstić information content (AvgIpc) is 3.91. The first-order valence-corrected chi connectivity index (χ1v) is 18.0. The molecule has 12 heteroatoms. The predicted octanol–water partition coefficient (Wildman–Crippen LogP) is 4.95. The first kappa shape index (κ1) is 43.9. The Morgan fingerprint density at radius 3 is 1.98 bits per heavy atom. The molecule has 10 atom stereocenters. The van der Waals surface area contributed by atoms with E-state index in [9.17, 15) is 29.4 Å². The largest absolute Gasteiger partial charge is 0.469 e. The van der Waals surface area contributed by atoms with Crippen LogP contribution in [0.1, 0.15) is 106 Å². The molecule has 0 unspecified atom stereocenters. The highest BCUT2D eigenvalue weighted by Crippen LogP contribution is 2.64. The van der Waals surface area contributed by atoms with Crippen molar-refractivity contribution in [2.75, 3.05) is 28.4 Å². The molecule has 3 aliphatic rings. The van der Waals surface area contributed by atoms with E-state index in [2.05, 4.69) is 25.5 Å². The van der Waals surface area contributed by atoms with Gasteiger partial charge in [0.25, 0.3) is 0 Å². The van der Waals surface area contributed by atoms with E-state index in [0.717, 1.165) is 38.4 Å². The van der Waals surface area contributed by atoms with Crippen molar-refractivity contribution in [3.8, 4) is 0 Å². The van der Waals surface area contributed by atoms with Crippen LogP contribution in [0.25, 0.3) is 0 Å². The van der Waals surface area contributed by atoms with Crippen molar-refractivity contribution < 1.29 is 57.8 Å². The smallest absolute Gasteiger partial charge is 0.330 e. The normalized spacial score (nSPS) is 33.4. The fourth-order valence-electron chi connectivity index (χ4n) is 8.30. The molecule has 0 aromatic rings. The maximum atomic E-state index is 11.3. The summed E-state index contributed by atoms with van der Waals surface area (Å²) in [5.74, 6) is -1.76. The van der Waals surface area contributed by atoms with E-state index in [-0.39, 0.29) is 48.8 Å². The number of methoxy groups -OCH3 is 4. The molecule has 12 nitrogen and oxygen atoms in total. The lowest BCUT2D eigenvalue weighted by molar-refractivity contribution is -0.363. The predicted molar refractivity (Wildman–Crippen MR) is 186 cm³/mol. The van der Waals surface area contributed by atoms with Crippen molar-refractivity contribution in [3.63, 3.8) is 0 Å². The highest BCUT2D eigenvalue weighted by Gasteiger charge is 2.69. The van der Waals surface area contributed by atoms with Crippen molar-refractivity contribution >= 4 is 24.5 Å². The zero-order valence-corrected chi connectivity index (χ0v) is 32.0. The van der Waals surface area contributed by atoms with E-state index < -0.39 is 40.6 Å². The van der Waals surface area contributed by atoms with Gasteiger partial charge in [0.15, 0.2) is 11.6 Å². The van der Waals surface area contributed by atoms with Gasteiger partial charge < -0.3 is 48.2 Å². The second kappa shape index (κ2) is 19.0. The SMILES string of the molecule is COC(=O)/C=C/C[C@H]1C[C@@H](C)[C@@H](C)[C@@](OC)(C(C)(C)[C@@H](O)CC=O)O1.COC(=O)CCC[C@H]1C[C@@H](C)[C@@H](C)[C@@](OC)(C2([C@@H](O)CC=O)CC2)O1. The van der Waals surface area contributed by atoms with E-state index in [1.807, 2.05) is 20.8 Å². The minimum absolute atomic E-state index is 0.0228. The van der Waals surface area contributed by atoms with Crippen LogP contribution in [0, 0.1) is 34.5 Å². The summed E-state index contributed by atoms with van der Waals surface area (Å²) in [6, 6.07) is 0. The Labute approximate surface area is 298 Å². The Hall–Kier alpha value is -2.22. The molecule has 0 aromatic heterocycles. The van der Waals surface area contributed by atoms with Crippen LogP contribution in [0.15, 0.2) is 12.2 Å². The van der Waals surface area contributed by atoms with E-state index >= 15 is 0 Å². The van der Waals surface area contributed by atoms with Crippen LogP contribution in [0.5, 0.6) is 0 Å². The highest BCUT2D eigenvalue weighted by molar-refractivity contribution is 5.81. The Morgan fingerprint density at radius 1 is 0.860 bits per heavy atom. The molecule has 0 aromatic carbocycles. The molecule has 1 saturated carbocycles. The Balaban J connectivity index is 0.000000347. The van der Waals surface area contributed by atoms with Gasteiger partial charge in [-0.25, -0.2) is 4.79 Å². The minimum Gasteiger partial charge on any atom is -0.469 e. The number of aldehydes is 2. The fourth-order valence-corrected chi connectivity index (χ4v) is 8.30. The number of carbonyl (C=O) groups excluding carboxylic acids is 4. The molecule has 288 valence electrons. The quantitative estimate of drug-likeness (QED) is 0.119. The van der Waals surface area contributed by atoms with Gasteiger partial charge >= 0.3 is 11.9 Å². The van der Waals surface area contributed by atoms with Crippen LogP contribution >= 0.6 is 0 Å². The monoisotopic (exact) mass is 712 g/mol. The second-order valence-electron chi connectivity index (χ2n) is 15.1. The third-order valence-corrected chi connectivity index (χ3v) is 11.9. The van der Waals surface area contributed by atoms with Crippen molar-refractivity contribution in [1.82, 2.24) is 0 Å². The molecular formula is C38H64O12. The van der Waals surface area contributed by atoms with Crippen LogP contribution in [0.4, 0.5) is 0 Å². The number of hydrogen-bond donors (Lipinski definition) is 2. The summed E-state index contributed by atoms with van der Waals surface area (Å²) in [4.78, 5) is 44.4. The van der Waals surface area contributed by atoms with E-state index in [4.69, 9.17) is 23.7 Å². The number of rotatable bonds is 17. The number of hydrogen-bond acceptors (Lipinski definition) is 12. The minimum atomic E-state index is -1.03. The number of ether oxygens (including phenoxy) is 6. The zero-order valence-electron chi connectivity index (χ0n) is 32.0. The van der Waals surface area contributed by atoms with Gasteiger partial charge in [0.2, 0.25) is 0 Å². The van der Waals surface area contributed by atoms with Gasteiger partial charge in [0, 0.05) is 56.8 Å². The Morgan fingerprint density at radius 2 is 1.46 bits per heavy atom. The molecule has 2 heterocycles. The molecule has 3 fully saturated rings. The van der Waals surface area contributed by atoms with Gasteiger partial charge in [-0.05, 0) is 56.8 Å². The lowest BCUT2D eigenvalue weighted by Gasteiger charge is -2.56. The Kier molecular flexibility index (Phi) is 16.7. The standard InChI is InChI=1S/2C19H32O6/c1-13-12-15(6-5-7-17(22)23-3)25-19(24-4,14(13)2)18(9-10-18)16(21)8-11-20;1-13-12-15(8-7-9-17(22)23-5)25-19(24-6,14(13)2)18(3,4)16(21)10-11-20/h11,13-16,21H,5-10,12H2,1-4H3;7,9,11,13-16,21H,8,10,12H2,1-6H3/b;9-7+/t2*13-,14-,15+,16+,19+/m11/s1. The zero-order chi connectivity index (χ0) is 37.9. The molecule has 2 N–H and O–H groups in total. The van der Waals surface area contributed by atoms with Crippen LogP contribution in [-0.4, -0.2) is 99.2 Å². The summed E-state index contributed by atoms with van der Waals surface area (Å²) in [7, 11) is 5.93. The molecule has 3 rings (SSSR count). The van der Waals surface area contributed by atoms with Crippen LogP contribution in [-0.2, 0) is 47.6 Å². The lowest BCUT2D eigenvalue weighted by atomic mass is 9.66. The van der Waals surface area contributed by atoms with Crippen molar-refractivity contribution in [1.29, 1.82) is 0 Å². The summed E-state index contributed by atoms with van der Waals surface area (Å²) >= 11 is 0. The van der Waals surface area contributed by atoms with Gasteiger partial charge in [-0.15, -0.1) is 0 Å². The summed E-state index contributed by atoms with van der Waals surface area (Å²) in [6.45, 7) is 12.2. The number of carbonyl (C=O) groups is 4. The average molecular weight is 713 g/mol. The number of esters is 2. The summed E-state index contributed by atoms with van der Waals surface area (Å²) < 4.78 is 33.9. The summed E-state index contributed by atoms with van der Waals surface area (Å²) in [5, 5.41) is 21.1. The molecule has 1 aliphatic carbocycles. The molecule has 0 radical (unpaired) electrons. The van der Waals surface area contributed by atoms with Gasteiger partial charge in [-0.1, -0.05) is 47.6 Å². The van der Waals surface area contributed by atoms with E-state index in [1.165, 1.54) is 20.3 Å². The molecule has 50 heavy (non-hydrogen) atoms. The topological polar surface area (TPSA) is 164 Å². The molecular weight excluding hydrogens is 648 g/mol. The Bertz CT molecular complexity index is 1130. The van der Waals surface area contributed by atoms with Gasteiger partial charge in [0.05, 0.1) is 44.1 Å². The molecule has 0 bridgehead atoms. The fraction of sp³-hybridized carbons (Fsp3) is 0.842. The van der Waals surface area contributed by atoms with Crippen LogP contribution in [0.2, 0.25) is 0 Å². The first-order valence-electron chi connectivity index (χ1n) is 18.0. The lowest BCUT2D eigenvalue weighted by Crippen LogP contribution is -2.63. The maximum absolute atomic E-state index is 11.3. The third kappa shape index (κ3) is 9.41. The van der Waals surface area contributed by atoms with Crippen molar-refractivity contribution in [3.05, 3.63) is 12.2 Å². The van der Waals surface area contributed by atoms with Gasteiger partial charge in [0.1, 0.15) is 12.6 Å². The van der Waals surface area contributed by atoms with Crippen LogP contribution < -0.4 is 0 Å². The van der Waals surface area contributed by atoms with E-state index in [1.54, 1.807) is 20.3 Å². The molecule has 2 saturated heterocycles. The van der Waals surface area contributed by atoms with E-state index in [0.29, 0.717) is 31.5 Å². The maximum Gasteiger partial charge on any atom is 0.330 e. The highest BCUT2D eigenvalue weighted by atomic mass is 16.7. The molecule has 0 amide bonds. The third-order valence-electron chi connectivity index (χ3n) is 11.9. The van der Waals surface area contributed by atoms with Crippen molar-refractivity contribution in [2.45, 2.75) is 142 Å². The number of aliphatic hydroxyl groups excluding tert-OH is 2. The second-order valence-corrected chi connectivity index (χ2v) is 15.1.